The minimum Gasteiger partial charge on any atom is -0.399 e. The van der Waals surface area contributed by atoms with Gasteiger partial charge in [-0.2, -0.15) is 5.10 Å². The molecule has 1 aromatic carbocycles. The largest absolute Gasteiger partial charge is 0.399 e. The highest BCUT2D eigenvalue weighted by Gasteiger charge is 2.19. The van der Waals surface area contributed by atoms with E-state index in [0.29, 0.717) is 16.9 Å². The molecule has 6 nitrogen and oxygen atoms in total. The molecule has 0 saturated carbocycles. The van der Waals surface area contributed by atoms with Crippen molar-refractivity contribution in [2.24, 2.45) is 7.05 Å². The summed E-state index contributed by atoms with van der Waals surface area (Å²) >= 11 is 0. The zero-order chi connectivity index (χ0) is 14.2. The Bertz CT molecular complexity index is 719. The number of benzene rings is 1. The Hall–Kier alpha value is -2.02. The number of aryl methyl sites for hydroxylation is 2. The lowest BCUT2D eigenvalue weighted by Gasteiger charge is -2.11. The SMILES string of the molecule is Cc1cc(N)cc(S(=O)(=O)Nc2cnn(C)c2)c1C. The van der Waals surface area contributed by atoms with E-state index in [9.17, 15) is 8.42 Å². The van der Waals surface area contributed by atoms with E-state index in [1.54, 1.807) is 26.2 Å². The monoisotopic (exact) mass is 280 g/mol. The third-order valence-electron chi connectivity index (χ3n) is 2.89. The third kappa shape index (κ3) is 2.70. The Labute approximate surface area is 112 Å². The molecule has 2 aromatic rings. The van der Waals surface area contributed by atoms with E-state index in [-0.39, 0.29) is 4.90 Å². The van der Waals surface area contributed by atoms with Crippen LogP contribution in [-0.4, -0.2) is 18.2 Å². The average molecular weight is 280 g/mol. The van der Waals surface area contributed by atoms with E-state index in [1.165, 1.54) is 16.9 Å². The molecule has 2 rings (SSSR count). The van der Waals surface area contributed by atoms with Crippen LogP contribution in [0.3, 0.4) is 0 Å². The number of nitrogens with one attached hydrogen (secondary N) is 1. The summed E-state index contributed by atoms with van der Waals surface area (Å²) in [4.78, 5) is 0.189. The summed E-state index contributed by atoms with van der Waals surface area (Å²) < 4.78 is 28.7. The highest BCUT2D eigenvalue weighted by atomic mass is 32.2. The van der Waals surface area contributed by atoms with Crippen molar-refractivity contribution in [1.82, 2.24) is 9.78 Å². The molecule has 7 heteroatoms. The van der Waals surface area contributed by atoms with Gasteiger partial charge in [0.1, 0.15) is 0 Å². The first-order chi connectivity index (χ1) is 8.79. The van der Waals surface area contributed by atoms with E-state index in [2.05, 4.69) is 9.82 Å². The molecule has 0 unspecified atom stereocenters. The Balaban J connectivity index is 2.45. The number of nitrogen functional groups attached to an aromatic ring is 1. The fraction of sp³-hybridized carbons (Fsp3) is 0.250. The summed E-state index contributed by atoms with van der Waals surface area (Å²) in [7, 11) is -1.94. The van der Waals surface area contributed by atoms with Crippen molar-refractivity contribution in [1.29, 1.82) is 0 Å². The highest BCUT2D eigenvalue weighted by Crippen LogP contribution is 2.24. The number of hydrogen-bond acceptors (Lipinski definition) is 4. The van der Waals surface area contributed by atoms with Crippen LogP contribution in [0.1, 0.15) is 11.1 Å². The smallest absolute Gasteiger partial charge is 0.262 e. The van der Waals surface area contributed by atoms with Gasteiger partial charge in [0.15, 0.2) is 0 Å². The van der Waals surface area contributed by atoms with Crippen molar-refractivity contribution in [2.75, 3.05) is 10.5 Å². The molecule has 0 atom stereocenters. The number of nitrogens with zero attached hydrogens (tertiary/aromatic N) is 2. The first-order valence-electron chi connectivity index (χ1n) is 5.68. The predicted molar refractivity (Wildman–Crippen MR) is 74.3 cm³/mol. The molecule has 102 valence electrons. The Morgan fingerprint density at radius 1 is 1.32 bits per heavy atom. The molecular formula is C12H16N4O2S. The van der Waals surface area contributed by atoms with Crippen molar-refractivity contribution >= 4 is 21.4 Å². The molecule has 1 aromatic heterocycles. The van der Waals surface area contributed by atoms with Gasteiger partial charge < -0.3 is 5.73 Å². The molecule has 0 aliphatic heterocycles. The zero-order valence-electron chi connectivity index (χ0n) is 11.0. The van der Waals surface area contributed by atoms with Crippen molar-refractivity contribution in [2.45, 2.75) is 18.7 Å². The molecule has 0 amide bonds. The van der Waals surface area contributed by atoms with Crippen LogP contribution in [0, 0.1) is 13.8 Å². The summed E-state index contributed by atoms with van der Waals surface area (Å²) in [5.41, 5.74) is 8.08. The maximum atomic E-state index is 12.3. The standard InChI is InChI=1S/C12H16N4O2S/c1-8-4-10(13)5-12(9(8)2)19(17,18)15-11-6-14-16(3)7-11/h4-7,15H,13H2,1-3H3. The van der Waals surface area contributed by atoms with Crippen LogP contribution >= 0.6 is 0 Å². The van der Waals surface area contributed by atoms with Gasteiger partial charge in [0.2, 0.25) is 0 Å². The Morgan fingerprint density at radius 3 is 2.58 bits per heavy atom. The van der Waals surface area contributed by atoms with Crippen LogP contribution in [0.15, 0.2) is 29.4 Å². The minimum atomic E-state index is -3.66. The molecule has 1 heterocycles. The fourth-order valence-electron chi connectivity index (χ4n) is 1.82. The second-order valence-corrected chi connectivity index (χ2v) is 6.12. The lowest BCUT2D eigenvalue weighted by molar-refractivity contribution is 0.600. The lowest BCUT2D eigenvalue weighted by Crippen LogP contribution is -2.15. The molecule has 0 bridgehead atoms. The normalized spacial score (nSPS) is 11.5. The molecule has 0 radical (unpaired) electrons. The number of sulfonamides is 1. The van der Waals surface area contributed by atoms with Crippen LogP contribution in [0.4, 0.5) is 11.4 Å². The molecule has 0 aliphatic carbocycles. The van der Waals surface area contributed by atoms with Gasteiger partial charge in [-0.05, 0) is 37.1 Å². The number of hydrogen-bond donors (Lipinski definition) is 2. The van der Waals surface area contributed by atoms with E-state index < -0.39 is 10.0 Å². The molecule has 0 spiro atoms. The third-order valence-corrected chi connectivity index (χ3v) is 4.40. The highest BCUT2D eigenvalue weighted by molar-refractivity contribution is 7.92. The van der Waals surface area contributed by atoms with Crippen LogP contribution in [0.5, 0.6) is 0 Å². The minimum absolute atomic E-state index is 0.189. The van der Waals surface area contributed by atoms with Crippen molar-refractivity contribution < 1.29 is 8.42 Å². The van der Waals surface area contributed by atoms with Crippen molar-refractivity contribution in [3.05, 3.63) is 35.7 Å². The summed E-state index contributed by atoms with van der Waals surface area (Å²) in [6, 6.07) is 3.21. The molecular weight excluding hydrogens is 264 g/mol. The van der Waals surface area contributed by atoms with Crippen LogP contribution in [-0.2, 0) is 17.1 Å². The quantitative estimate of drug-likeness (QED) is 0.832. The number of aromatic nitrogens is 2. The van der Waals surface area contributed by atoms with E-state index in [1.807, 2.05) is 6.92 Å². The van der Waals surface area contributed by atoms with Gasteiger partial charge in [-0.3, -0.25) is 9.40 Å². The summed E-state index contributed by atoms with van der Waals surface area (Å²) in [5.74, 6) is 0. The molecule has 3 N–H and O–H groups in total. The van der Waals surface area contributed by atoms with Gasteiger partial charge >= 0.3 is 0 Å². The first-order valence-corrected chi connectivity index (χ1v) is 7.16. The number of rotatable bonds is 3. The number of nitrogens with two attached hydrogens (primary N) is 1. The second-order valence-electron chi connectivity index (χ2n) is 4.47. The maximum Gasteiger partial charge on any atom is 0.262 e. The maximum absolute atomic E-state index is 12.3. The van der Waals surface area contributed by atoms with Gasteiger partial charge in [0.25, 0.3) is 10.0 Å². The fourth-order valence-corrected chi connectivity index (χ4v) is 3.20. The number of anilines is 2. The van der Waals surface area contributed by atoms with Crippen LogP contribution in [0.25, 0.3) is 0 Å². The van der Waals surface area contributed by atoms with E-state index >= 15 is 0 Å². The predicted octanol–water partition coefficient (Wildman–Crippen LogP) is 1.42. The second kappa shape index (κ2) is 4.58. The molecule has 0 fully saturated rings. The van der Waals surface area contributed by atoms with Gasteiger partial charge in [-0.1, -0.05) is 0 Å². The summed E-state index contributed by atoms with van der Waals surface area (Å²) in [5, 5.41) is 3.92. The van der Waals surface area contributed by atoms with Gasteiger partial charge in [0.05, 0.1) is 16.8 Å². The zero-order valence-corrected chi connectivity index (χ0v) is 11.8. The topological polar surface area (TPSA) is 90.0 Å². The van der Waals surface area contributed by atoms with Crippen molar-refractivity contribution in [3.8, 4) is 0 Å². The van der Waals surface area contributed by atoms with E-state index in [0.717, 1.165) is 5.56 Å². The van der Waals surface area contributed by atoms with Crippen LogP contribution in [0.2, 0.25) is 0 Å². The Morgan fingerprint density at radius 2 is 2.00 bits per heavy atom. The molecule has 0 saturated heterocycles. The van der Waals surface area contributed by atoms with Gasteiger partial charge in [0, 0.05) is 18.9 Å². The lowest BCUT2D eigenvalue weighted by atomic mass is 10.1. The van der Waals surface area contributed by atoms with Gasteiger partial charge in [-0.25, -0.2) is 8.42 Å². The summed E-state index contributed by atoms with van der Waals surface area (Å²) in [6.07, 6.45) is 3.04. The van der Waals surface area contributed by atoms with Crippen LogP contribution < -0.4 is 10.5 Å². The molecule has 0 aliphatic rings. The summed E-state index contributed by atoms with van der Waals surface area (Å²) in [6.45, 7) is 3.58. The Kier molecular flexibility index (Phi) is 3.23. The van der Waals surface area contributed by atoms with Gasteiger partial charge in [-0.15, -0.1) is 0 Å². The molecule has 19 heavy (non-hydrogen) atoms. The van der Waals surface area contributed by atoms with E-state index in [4.69, 9.17) is 5.73 Å². The first kappa shape index (κ1) is 13.4. The average Bonchev–Trinajstić information content (AvgIpc) is 2.68. The van der Waals surface area contributed by atoms with Crippen molar-refractivity contribution in [3.63, 3.8) is 0 Å².